The molecule has 0 bridgehead atoms. The van der Waals surface area contributed by atoms with E-state index in [1.54, 1.807) is 17.8 Å². The standard InChI is InChI=1S/C15H16N2O3S2/c1-2-20-15(19)12-9-5-3-4-6-11(9)22-14(12)17-13(18)10-7-21-8-16-10/h7-8H,2-6H2,1H3,(H,17,18). The van der Waals surface area contributed by atoms with Gasteiger partial charge in [-0.15, -0.1) is 22.7 Å². The Hall–Kier alpha value is -1.73. The molecule has 5 nitrogen and oxygen atoms in total. The molecule has 0 atom stereocenters. The van der Waals surface area contributed by atoms with Gasteiger partial charge in [-0.1, -0.05) is 0 Å². The Kier molecular flexibility index (Phi) is 4.54. The van der Waals surface area contributed by atoms with Crippen molar-refractivity contribution in [3.8, 4) is 0 Å². The van der Waals surface area contributed by atoms with Crippen LogP contribution < -0.4 is 5.32 Å². The van der Waals surface area contributed by atoms with Crippen molar-refractivity contribution in [3.05, 3.63) is 32.6 Å². The van der Waals surface area contributed by atoms with Crippen molar-refractivity contribution in [2.45, 2.75) is 32.6 Å². The number of aryl methyl sites for hydroxylation is 1. The number of thiazole rings is 1. The van der Waals surface area contributed by atoms with Gasteiger partial charge in [-0.25, -0.2) is 9.78 Å². The minimum atomic E-state index is -0.351. The molecule has 22 heavy (non-hydrogen) atoms. The largest absolute Gasteiger partial charge is 0.462 e. The van der Waals surface area contributed by atoms with Gasteiger partial charge in [0.15, 0.2) is 0 Å². The second-order valence-electron chi connectivity index (χ2n) is 4.96. The van der Waals surface area contributed by atoms with Gasteiger partial charge in [0, 0.05) is 10.3 Å². The van der Waals surface area contributed by atoms with E-state index in [4.69, 9.17) is 4.74 Å². The van der Waals surface area contributed by atoms with Crippen LogP contribution in [0, 0.1) is 0 Å². The average molecular weight is 336 g/mol. The van der Waals surface area contributed by atoms with Crippen LogP contribution >= 0.6 is 22.7 Å². The number of amides is 1. The van der Waals surface area contributed by atoms with Crippen LogP contribution in [-0.2, 0) is 17.6 Å². The lowest BCUT2D eigenvalue weighted by molar-refractivity contribution is 0.0526. The lowest BCUT2D eigenvalue weighted by Crippen LogP contribution is -2.16. The number of fused-ring (bicyclic) bond motifs is 1. The molecular weight excluding hydrogens is 320 g/mol. The molecule has 0 radical (unpaired) electrons. The summed E-state index contributed by atoms with van der Waals surface area (Å²) in [5, 5.41) is 5.11. The lowest BCUT2D eigenvalue weighted by atomic mass is 9.95. The number of rotatable bonds is 4. The van der Waals surface area contributed by atoms with E-state index < -0.39 is 0 Å². The molecule has 1 aliphatic rings. The van der Waals surface area contributed by atoms with Crippen molar-refractivity contribution in [2.24, 2.45) is 0 Å². The highest BCUT2D eigenvalue weighted by Gasteiger charge is 2.27. The number of esters is 1. The van der Waals surface area contributed by atoms with Crippen LogP contribution in [-0.4, -0.2) is 23.5 Å². The van der Waals surface area contributed by atoms with Crippen LogP contribution in [0.15, 0.2) is 10.9 Å². The summed E-state index contributed by atoms with van der Waals surface area (Å²) in [6, 6.07) is 0. The third-order valence-corrected chi connectivity index (χ3v) is 5.34. The quantitative estimate of drug-likeness (QED) is 0.868. The third-order valence-electron chi connectivity index (χ3n) is 3.54. The molecule has 116 valence electrons. The summed E-state index contributed by atoms with van der Waals surface area (Å²) in [5.74, 6) is -0.638. The molecule has 7 heteroatoms. The molecule has 1 N–H and O–H groups in total. The maximum absolute atomic E-state index is 12.3. The van der Waals surface area contributed by atoms with E-state index in [2.05, 4.69) is 10.3 Å². The smallest absolute Gasteiger partial charge is 0.341 e. The van der Waals surface area contributed by atoms with Crippen molar-refractivity contribution < 1.29 is 14.3 Å². The SMILES string of the molecule is CCOC(=O)c1c(NC(=O)c2cscn2)sc2c1CCCC2. The van der Waals surface area contributed by atoms with E-state index in [1.807, 2.05) is 0 Å². The maximum atomic E-state index is 12.3. The molecule has 0 unspecified atom stereocenters. The number of hydrogen-bond acceptors (Lipinski definition) is 6. The molecule has 0 fully saturated rings. The maximum Gasteiger partial charge on any atom is 0.341 e. The molecule has 0 saturated carbocycles. The summed E-state index contributed by atoms with van der Waals surface area (Å²) in [7, 11) is 0. The number of carbonyl (C=O) groups is 2. The molecule has 0 aromatic carbocycles. The van der Waals surface area contributed by atoms with Gasteiger partial charge < -0.3 is 10.1 Å². The molecule has 1 aliphatic carbocycles. The first-order valence-electron chi connectivity index (χ1n) is 7.22. The van der Waals surface area contributed by atoms with Crippen LogP contribution in [0.25, 0.3) is 0 Å². The number of hydrogen-bond donors (Lipinski definition) is 1. The van der Waals surface area contributed by atoms with Crippen molar-refractivity contribution in [3.63, 3.8) is 0 Å². The van der Waals surface area contributed by atoms with Gasteiger partial charge in [-0.2, -0.15) is 0 Å². The lowest BCUT2D eigenvalue weighted by Gasteiger charge is -2.12. The number of nitrogens with zero attached hydrogens (tertiary/aromatic N) is 1. The van der Waals surface area contributed by atoms with Gasteiger partial charge in [-0.3, -0.25) is 4.79 Å². The van der Waals surface area contributed by atoms with Crippen molar-refractivity contribution in [2.75, 3.05) is 11.9 Å². The zero-order valence-corrected chi connectivity index (χ0v) is 13.8. The first kappa shape index (κ1) is 15.2. The van der Waals surface area contributed by atoms with E-state index in [9.17, 15) is 9.59 Å². The summed E-state index contributed by atoms with van der Waals surface area (Å²) in [6.45, 7) is 2.10. The molecule has 0 saturated heterocycles. The minimum Gasteiger partial charge on any atom is -0.462 e. The monoisotopic (exact) mass is 336 g/mol. The van der Waals surface area contributed by atoms with Crippen LogP contribution in [0.4, 0.5) is 5.00 Å². The Morgan fingerprint density at radius 1 is 1.36 bits per heavy atom. The van der Waals surface area contributed by atoms with Gasteiger partial charge in [0.2, 0.25) is 0 Å². The first-order chi connectivity index (χ1) is 10.7. The van der Waals surface area contributed by atoms with Crippen molar-refractivity contribution in [1.82, 2.24) is 4.98 Å². The van der Waals surface area contributed by atoms with Gasteiger partial charge in [0.25, 0.3) is 5.91 Å². The second kappa shape index (κ2) is 6.58. The zero-order valence-electron chi connectivity index (χ0n) is 12.2. The van der Waals surface area contributed by atoms with Crippen LogP contribution in [0.2, 0.25) is 0 Å². The van der Waals surface area contributed by atoms with Gasteiger partial charge in [0.05, 0.1) is 17.7 Å². The first-order valence-corrected chi connectivity index (χ1v) is 8.97. The number of ether oxygens (including phenoxy) is 1. The second-order valence-corrected chi connectivity index (χ2v) is 6.79. The van der Waals surface area contributed by atoms with E-state index in [0.29, 0.717) is 22.9 Å². The number of carbonyl (C=O) groups excluding carboxylic acids is 2. The predicted octanol–water partition coefficient (Wildman–Crippen LogP) is 3.51. The van der Waals surface area contributed by atoms with Crippen LogP contribution in [0.3, 0.4) is 0 Å². The average Bonchev–Trinajstić information content (AvgIpc) is 3.14. The third kappa shape index (κ3) is 2.91. The number of thiophene rings is 1. The molecule has 0 aliphatic heterocycles. The van der Waals surface area contributed by atoms with Crippen molar-refractivity contribution in [1.29, 1.82) is 0 Å². The molecule has 2 aromatic rings. The fourth-order valence-electron chi connectivity index (χ4n) is 2.56. The highest BCUT2D eigenvalue weighted by Crippen LogP contribution is 2.38. The summed E-state index contributed by atoms with van der Waals surface area (Å²) >= 11 is 2.85. The predicted molar refractivity (Wildman–Crippen MR) is 87.0 cm³/mol. The van der Waals surface area contributed by atoms with Crippen LogP contribution in [0.1, 0.15) is 51.1 Å². The molecule has 1 amide bonds. The summed E-state index contributed by atoms with van der Waals surface area (Å²) in [6.07, 6.45) is 4.01. The highest BCUT2D eigenvalue weighted by atomic mass is 32.1. The van der Waals surface area contributed by atoms with E-state index in [-0.39, 0.29) is 11.9 Å². The molecule has 0 spiro atoms. The normalized spacial score (nSPS) is 13.5. The summed E-state index contributed by atoms with van der Waals surface area (Å²) < 4.78 is 5.17. The van der Waals surface area contributed by atoms with E-state index >= 15 is 0 Å². The molecule has 2 heterocycles. The fraction of sp³-hybridized carbons (Fsp3) is 0.400. The Morgan fingerprint density at radius 2 is 2.18 bits per heavy atom. The zero-order chi connectivity index (χ0) is 15.5. The molecule has 3 rings (SSSR count). The van der Waals surface area contributed by atoms with Gasteiger partial charge in [0.1, 0.15) is 10.7 Å². The Bertz CT molecular complexity index is 692. The van der Waals surface area contributed by atoms with Crippen LogP contribution in [0.5, 0.6) is 0 Å². The Balaban J connectivity index is 1.94. The van der Waals surface area contributed by atoms with Gasteiger partial charge in [-0.05, 0) is 38.2 Å². The minimum absolute atomic E-state index is 0.287. The van der Waals surface area contributed by atoms with E-state index in [1.165, 1.54) is 27.6 Å². The topological polar surface area (TPSA) is 68.3 Å². The van der Waals surface area contributed by atoms with Crippen molar-refractivity contribution >= 4 is 39.6 Å². The summed E-state index contributed by atoms with van der Waals surface area (Å²) in [5.41, 5.74) is 3.56. The molecule has 2 aromatic heterocycles. The van der Waals surface area contributed by atoms with E-state index in [0.717, 1.165) is 31.2 Å². The fourth-order valence-corrected chi connectivity index (χ4v) is 4.37. The number of nitrogens with one attached hydrogen (secondary N) is 1. The Morgan fingerprint density at radius 3 is 2.91 bits per heavy atom. The van der Waals surface area contributed by atoms with Gasteiger partial charge >= 0.3 is 5.97 Å². The Labute approximate surface area is 136 Å². The number of anilines is 1. The number of aromatic nitrogens is 1. The molecular formula is C15H16N2O3S2. The highest BCUT2D eigenvalue weighted by molar-refractivity contribution is 7.17. The summed E-state index contributed by atoms with van der Waals surface area (Å²) in [4.78, 5) is 29.7.